The van der Waals surface area contributed by atoms with Gasteiger partial charge in [0.25, 0.3) is 0 Å². The van der Waals surface area contributed by atoms with Gasteiger partial charge in [-0.1, -0.05) is 6.07 Å². The van der Waals surface area contributed by atoms with Gasteiger partial charge in [-0.3, -0.25) is 4.98 Å². The number of nitrogens with two attached hydrogens (primary N) is 1. The van der Waals surface area contributed by atoms with Crippen LogP contribution in [0.1, 0.15) is 24.2 Å². The van der Waals surface area contributed by atoms with Gasteiger partial charge in [0, 0.05) is 12.1 Å². The fraction of sp³-hybridized carbons (Fsp3) is 0.214. The average molecular weight is 390 g/mol. The lowest BCUT2D eigenvalue weighted by Crippen LogP contribution is -2.12. The van der Waals surface area contributed by atoms with Gasteiger partial charge >= 0.3 is 6.18 Å². The molecule has 2 rings (SSSR count). The molecule has 1 unspecified atom stereocenters. The Morgan fingerprint density at radius 1 is 1.12 bits per heavy atom. The third-order valence-electron chi connectivity index (χ3n) is 2.89. The minimum atomic E-state index is -4.75. The Hall–Kier alpha value is -1.64. The predicted molar refractivity (Wildman–Crippen MR) is 86.0 cm³/mol. The SMILES string of the molecule is CC(N)c1ncc(Nc2c(F)cccc2C(F)(F)F)cc1F.Cl.Cl. The van der Waals surface area contributed by atoms with Crippen LogP contribution in [0.5, 0.6) is 0 Å². The van der Waals surface area contributed by atoms with Crippen LogP contribution in [0, 0.1) is 11.6 Å². The number of pyridine rings is 1. The Labute approximate surface area is 147 Å². The minimum Gasteiger partial charge on any atom is -0.351 e. The Bertz CT molecular complexity index is 693. The molecule has 1 aromatic heterocycles. The number of benzene rings is 1. The van der Waals surface area contributed by atoms with Gasteiger partial charge in [-0.2, -0.15) is 13.2 Å². The van der Waals surface area contributed by atoms with E-state index in [2.05, 4.69) is 10.3 Å². The molecule has 0 radical (unpaired) electrons. The van der Waals surface area contributed by atoms with Crippen LogP contribution in [0.2, 0.25) is 0 Å². The molecule has 24 heavy (non-hydrogen) atoms. The van der Waals surface area contributed by atoms with Gasteiger partial charge in [-0.05, 0) is 19.1 Å². The number of halogens is 7. The van der Waals surface area contributed by atoms with Crippen LogP contribution in [-0.2, 0) is 6.18 Å². The summed E-state index contributed by atoms with van der Waals surface area (Å²) in [6, 6.07) is 2.79. The van der Waals surface area contributed by atoms with Gasteiger partial charge in [0.2, 0.25) is 0 Å². The molecule has 3 nitrogen and oxygen atoms in total. The minimum absolute atomic E-state index is 0. The molecular formula is C14H14Cl2F5N3. The van der Waals surface area contributed by atoms with Crippen molar-refractivity contribution in [3.8, 4) is 0 Å². The number of para-hydroxylation sites is 1. The molecule has 0 aliphatic carbocycles. The van der Waals surface area contributed by atoms with Crippen molar-refractivity contribution < 1.29 is 22.0 Å². The van der Waals surface area contributed by atoms with Crippen molar-refractivity contribution in [2.45, 2.75) is 19.1 Å². The highest BCUT2D eigenvalue weighted by Crippen LogP contribution is 2.37. The molecule has 1 heterocycles. The number of nitrogens with zero attached hydrogens (tertiary/aromatic N) is 1. The van der Waals surface area contributed by atoms with Crippen LogP contribution in [0.4, 0.5) is 33.3 Å². The van der Waals surface area contributed by atoms with E-state index in [0.29, 0.717) is 0 Å². The van der Waals surface area contributed by atoms with E-state index in [1.54, 1.807) is 0 Å². The molecule has 0 saturated carbocycles. The van der Waals surface area contributed by atoms with E-state index in [9.17, 15) is 22.0 Å². The van der Waals surface area contributed by atoms with Crippen LogP contribution in [0.15, 0.2) is 30.5 Å². The normalized spacial score (nSPS) is 12.0. The van der Waals surface area contributed by atoms with Crippen molar-refractivity contribution in [2.75, 3.05) is 5.32 Å². The molecule has 3 N–H and O–H groups in total. The molecule has 2 aromatic rings. The van der Waals surface area contributed by atoms with Crippen molar-refractivity contribution >= 4 is 36.2 Å². The molecular weight excluding hydrogens is 376 g/mol. The molecule has 1 atom stereocenters. The second-order valence-electron chi connectivity index (χ2n) is 4.66. The van der Waals surface area contributed by atoms with Crippen LogP contribution >= 0.6 is 24.8 Å². The highest BCUT2D eigenvalue weighted by Gasteiger charge is 2.34. The zero-order chi connectivity index (χ0) is 16.5. The summed E-state index contributed by atoms with van der Waals surface area (Å²) in [6.45, 7) is 1.51. The van der Waals surface area contributed by atoms with Crippen molar-refractivity contribution in [1.29, 1.82) is 0 Å². The predicted octanol–water partition coefficient (Wildman–Crippen LogP) is 4.99. The summed E-state index contributed by atoms with van der Waals surface area (Å²) in [5.74, 6) is -1.89. The van der Waals surface area contributed by atoms with E-state index in [1.165, 1.54) is 6.92 Å². The van der Waals surface area contributed by atoms with Crippen molar-refractivity contribution in [3.05, 3.63) is 53.4 Å². The number of rotatable bonds is 3. The largest absolute Gasteiger partial charge is 0.418 e. The fourth-order valence-electron chi connectivity index (χ4n) is 1.88. The van der Waals surface area contributed by atoms with Gasteiger partial charge in [0.05, 0.1) is 28.8 Å². The first kappa shape index (κ1) is 22.4. The number of nitrogens with one attached hydrogen (secondary N) is 1. The van der Waals surface area contributed by atoms with Gasteiger partial charge in [0.1, 0.15) is 11.6 Å². The van der Waals surface area contributed by atoms with E-state index in [1.807, 2.05) is 0 Å². The van der Waals surface area contributed by atoms with E-state index >= 15 is 0 Å². The molecule has 0 aliphatic rings. The molecule has 0 aliphatic heterocycles. The number of aromatic nitrogens is 1. The maximum Gasteiger partial charge on any atom is 0.418 e. The molecule has 1 aromatic carbocycles. The number of hydrogen-bond acceptors (Lipinski definition) is 3. The number of hydrogen-bond donors (Lipinski definition) is 2. The lowest BCUT2D eigenvalue weighted by molar-refractivity contribution is -0.137. The number of alkyl halides is 3. The second-order valence-corrected chi connectivity index (χ2v) is 4.66. The third kappa shape index (κ3) is 4.93. The van der Waals surface area contributed by atoms with Crippen LogP contribution in [0.25, 0.3) is 0 Å². The van der Waals surface area contributed by atoms with Gasteiger partial charge in [-0.15, -0.1) is 24.8 Å². The summed E-state index contributed by atoms with van der Waals surface area (Å²) < 4.78 is 66.0. The zero-order valence-electron chi connectivity index (χ0n) is 12.2. The molecule has 0 amide bonds. The summed E-state index contributed by atoms with van der Waals surface area (Å²) in [5, 5.41) is 2.22. The molecule has 0 spiro atoms. The van der Waals surface area contributed by atoms with Gasteiger partial charge < -0.3 is 11.1 Å². The quantitative estimate of drug-likeness (QED) is 0.727. The van der Waals surface area contributed by atoms with E-state index in [4.69, 9.17) is 5.73 Å². The van der Waals surface area contributed by atoms with E-state index < -0.39 is 35.1 Å². The Balaban J connectivity index is 0.00000264. The fourth-order valence-corrected chi connectivity index (χ4v) is 1.88. The summed E-state index contributed by atoms with van der Waals surface area (Å²) in [5.41, 5.74) is 3.37. The summed E-state index contributed by atoms with van der Waals surface area (Å²) in [6.07, 6.45) is -3.66. The smallest absolute Gasteiger partial charge is 0.351 e. The topological polar surface area (TPSA) is 50.9 Å². The van der Waals surface area contributed by atoms with Crippen molar-refractivity contribution in [3.63, 3.8) is 0 Å². The first-order valence-electron chi connectivity index (χ1n) is 6.24. The number of anilines is 2. The lowest BCUT2D eigenvalue weighted by atomic mass is 10.1. The Kier molecular flexibility index (Phi) is 7.88. The first-order chi connectivity index (χ1) is 10.2. The van der Waals surface area contributed by atoms with Gasteiger partial charge in [0.15, 0.2) is 0 Å². The van der Waals surface area contributed by atoms with Crippen LogP contribution in [0.3, 0.4) is 0 Å². The summed E-state index contributed by atoms with van der Waals surface area (Å²) >= 11 is 0. The summed E-state index contributed by atoms with van der Waals surface area (Å²) in [4.78, 5) is 3.73. The maximum absolute atomic E-state index is 13.7. The third-order valence-corrected chi connectivity index (χ3v) is 2.89. The first-order valence-corrected chi connectivity index (χ1v) is 6.24. The monoisotopic (exact) mass is 389 g/mol. The second kappa shape index (κ2) is 8.46. The van der Waals surface area contributed by atoms with Gasteiger partial charge in [-0.25, -0.2) is 8.78 Å². The van der Waals surface area contributed by atoms with Crippen molar-refractivity contribution in [2.24, 2.45) is 5.73 Å². The van der Waals surface area contributed by atoms with Crippen LogP contribution in [-0.4, -0.2) is 4.98 Å². The zero-order valence-corrected chi connectivity index (χ0v) is 13.8. The van der Waals surface area contributed by atoms with Crippen molar-refractivity contribution in [1.82, 2.24) is 4.98 Å². The van der Waals surface area contributed by atoms with Crippen LogP contribution < -0.4 is 11.1 Å². The lowest BCUT2D eigenvalue weighted by Gasteiger charge is -2.16. The highest BCUT2D eigenvalue weighted by atomic mass is 35.5. The highest BCUT2D eigenvalue weighted by molar-refractivity contribution is 5.85. The Morgan fingerprint density at radius 2 is 1.75 bits per heavy atom. The molecule has 10 heteroatoms. The summed E-state index contributed by atoms with van der Waals surface area (Å²) in [7, 11) is 0. The molecule has 134 valence electrons. The molecule has 0 fully saturated rings. The Morgan fingerprint density at radius 3 is 2.25 bits per heavy atom. The standard InChI is InChI=1S/C14H12F5N3.2ClH/c1-7(20)12-11(16)5-8(6-21-12)22-13-9(14(17,18)19)3-2-4-10(13)15;;/h2-7,22H,20H2,1H3;2*1H. The van der Waals surface area contributed by atoms with E-state index in [-0.39, 0.29) is 36.2 Å². The molecule has 0 saturated heterocycles. The average Bonchev–Trinajstić information content (AvgIpc) is 2.39. The van der Waals surface area contributed by atoms with E-state index in [0.717, 1.165) is 30.5 Å². The maximum atomic E-state index is 13.7. The molecule has 0 bridgehead atoms.